The zero-order valence-corrected chi connectivity index (χ0v) is 19.8. The quantitative estimate of drug-likeness (QED) is 0.715. The van der Waals surface area contributed by atoms with Crippen molar-refractivity contribution in [3.8, 4) is 5.75 Å². The highest BCUT2D eigenvalue weighted by atomic mass is 16.5. The zero-order chi connectivity index (χ0) is 22.6. The Hall–Kier alpha value is -2.53. The normalized spacial score (nSPS) is 23.8. The van der Waals surface area contributed by atoms with Crippen LogP contribution in [-0.2, 0) is 13.0 Å². The molecule has 176 valence electrons. The van der Waals surface area contributed by atoms with Crippen LogP contribution in [0, 0.1) is 5.92 Å². The highest BCUT2D eigenvalue weighted by Gasteiger charge is 2.38. The lowest BCUT2D eigenvalue weighted by Crippen LogP contribution is -2.45. The second-order valence-corrected chi connectivity index (χ2v) is 10.1. The van der Waals surface area contributed by atoms with E-state index in [1.165, 1.54) is 36.0 Å². The number of hydrogen-bond acceptors (Lipinski definition) is 3. The lowest BCUT2D eigenvalue weighted by atomic mass is 9.87. The first-order chi connectivity index (χ1) is 16.2. The minimum absolute atomic E-state index is 0.126. The fourth-order valence-electron chi connectivity index (χ4n) is 6.03. The van der Waals surface area contributed by atoms with Crippen LogP contribution in [0.1, 0.15) is 54.7 Å². The first kappa shape index (κ1) is 22.3. The molecule has 2 aliphatic heterocycles. The summed E-state index contributed by atoms with van der Waals surface area (Å²) in [5.41, 5.74) is 4.22. The van der Waals surface area contributed by atoms with Crippen LogP contribution in [0.15, 0.2) is 48.5 Å². The maximum Gasteiger partial charge on any atom is 0.317 e. The molecule has 2 unspecified atom stereocenters. The number of hydrogen-bond donors (Lipinski definition) is 1. The fourth-order valence-corrected chi connectivity index (χ4v) is 6.03. The van der Waals surface area contributed by atoms with Gasteiger partial charge in [0, 0.05) is 44.7 Å². The van der Waals surface area contributed by atoms with Crippen molar-refractivity contribution >= 4 is 6.03 Å². The summed E-state index contributed by atoms with van der Waals surface area (Å²) in [6, 6.07) is 17.7. The van der Waals surface area contributed by atoms with E-state index in [1.54, 1.807) is 7.11 Å². The maximum absolute atomic E-state index is 13.2. The number of methoxy groups -OCH3 is 1. The molecule has 3 aliphatic rings. The molecule has 1 N–H and O–H groups in total. The van der Waals surface area contributed by atoms with Gasteiger partial charge in [-0.2, -0.15) is 0 Å². The Kier molecular flexibility index (Phi) is 6.86. The van der Waals surface area contributed by atoms with E-state index in [2.05, 4.69) is 57.6 Å². The number of nitrogens with zero attached hydrogens (tertiary/aromatic N) is 2. The molecule has 1 aliphatic carbocycles. The van der Waals surface area contributed by atoms with Gasteiger partial charge in [-0.25, -0.2) is 4.79 Å². The van der Waals surface area contributed by atoms with E-state index in [0.29, 0.717) is 17.9 Å². The van der Waals surface area contributed by atoms with Gasteiger partial charge in [-0.15, -0.1) is 0 Å². The number of nitrogens with one attached hydrogen (secondary N) is 1. The summed E-state index contributed by atoms with van der Waals surface area (Å²) >= 11 is 0. The van der Waals surface area contributed by atoms with Crippen LogP contribution in [-0.4, -0.2) is 55.2 Å². The molecule has 2 fully saturated rings. The summed E-state index contributed by atoms with van der Waals surface area (Å²) in [5.74, 6) is 1.64. The number of amides is 2. The third-order valence-electron chi connectivity index (χ3n) is 7.89. The molecule has 2 heterocycles. The van der Waals surface area contributed by atoms with Crippen molar-refractivity contribution in [2.45, 2.75) is 57.0 Å². The van der Waals surface area contributed by atoms with Gasteiger partial charge in [0.25, 0.3) is 0 Å². The van der Waals surface area contributed by atoms with Crippen LogP contribution < -0.4 is 10.1 Å². The van der Waals surface area contributed by atoms with Gasteiger partial charge in [0.05, 0.1) is 7.11 Å². The Morgan fingerprint density at radius 3 is 2.67 bits per heavy atom. The van der Waals surface area contributed by atoms with E-state index in [1.807, 2.05) is 6.07 Å². The summed E-state index contributed by atoms with van der Waals surface area (Å²) in [5, 5.41) is 3.34. The Bertz CT molecular complexity index is 956. The molecule has 0 spiro atoms. The van der Waals surface area contributed by atoms with E-state index in [-0.39, 0.29) is 6.03 Å². The lowest BCUT2D eigenvalue weighted by molar-refractivity contribution is 0.190. The number of rotatable bonds is 5. The van der Waals surface area contributed by atoms with Crippen LogP contribution >= 0.6 is 0 Å². The minimum atomic E-state index is 0.126. The van der Waals surface area contributed by atoms with Gasteiger partial charge in [0.15, 0.2) is 0 Å². The molecule has 2 aromatic carbocycles. The molecule has 0 radical (unpaired) electrons. The van der Waals surface area contributed by atoms with Crippen molar-refractivity contribution in [3.63, 3.8) is 0 Å². The standard InChI is InChI=1S/C28H37N3O2/c1-33-26-13-7-10-22(16-26)27-20-31(28(32)29-25-11-3-2-4-12-25)19-24(27)18-30-15-14-21-8-5-6-9-23(21)17-30/h5-10,13,16,24-25,27H,2-4,11-12,14-15,17-20H2,1H3,(H,29,32). The number of likely N-dealkylation sites (tertiary alicyclic amines) is 1. The average Bonchev–Trinajstić information content (AvgIpc) is 3.28. The van der Waals surface area contributed by atoms with E-state index in [0.717, 1.165) is 57.7 Å². The van der Waals surface area contributed by atoms with Crippen molar-refractivity contribution in [1.82, 2.24) is 15.1 Å². The zero-order valence-electron chi connectivity index (χ0n) is 19.8. The summed E-state index contributed by atoms with van der Waals surface area (Å²) < 4.78 is 5.51. The molecular formula is C28H37N3O2. The predicted molar refractivity (Wildman–Crippen MR) is 132 cm³/mol. The number of carbonyl (C=O) groups is 1. The monoisotopic (exact) mass is 447 g/mol. The maximum atomic E-state index is 13.2. The second kappa shape index (κ2) is 10.2. The van der Waals surface area contributed by atoms with Gasteiger partial charge in [-0.3, -0.25) is 4.90 Å². The summed E-state index contributed by atoms with van der Waals surface area (Å²) in [6.07, 6.45) is 7.12. The molecular weight excluding hydrogens is 410 g/mol. The number of urea groups is 1. The smallest absolute Gasteiger partial charge is 0.317 e. The summed E-state index contributed by atoms with van der Waals surface area (Å²) in [7, 11) is 1.72. The third kappa shape index (κ3) is 5.19. The molecule has 2 amide bonds. The number of fused-ring (bicyclic) bond motifs is 1. The Labute approximate surface area is 198 Å². The van der Waals surface area contributed by atoms with Gasteiger partial charge >= 0.3 is 6.03 Å². The molecule has 33 heavy (non-hydrogen) atoms. The first-order valence-electron chi connectivity index (χ1n) is 12.7. The van der Waals surface area contributed by atoms with E-state index in [9.17, 15) is 4.79 Å². The topological polar surface area (TPSA) is 44.8 Å². The first-order valence-corrected chi connectivity index (χ1v) is 12.7. The van der Waals surface area contributed by atoms with Crippen molar-refractivity contribution in [3.05, 3.63) is 65.2 Å². The van der Waals surface area contributed by atoms with Gasteiger partial charge in [-0.1, -0.05) is 55.7 Å². The van der Waals surface area contributed by atoms with Crippen LogP contribution in [0.2, 0.25) is 0 Å². The Morgan fingerprint density at radius 2 is 1.85 bits per heavy atom. The molecule has 0 aromatic heterocycles. The molecule has 5 nitrogen and oxygen atoms in total. The third-order valence-corrected chi connectivity index (χ3v) is 7.89. The van der Waals surface area contributed by atoms with Crippen molar-refractivity contribution in [2.75, 3.05) is 33.3 Å². The van der Waals surface area contributed by atoms with Gasteiger partial charge in [0.1, 0.15) is 5.75 Å². The molecule has 2 atom stereocenters. The summed E-state index contributed by atoms with van der Waals surface area (Å²) in [4.78, 5) is 17.8. The van der Waals surface area contributed by atoms with E-state index in [4.69, 9.17) is 4.74 Å². The van der Waals surface area contributed by atoms with Crippen LogP contribution in [0.4, 0.5) is 4.79 Å². The van der Waals surface area contributed by atoms with Gasteiger partial charge in [-0.05, 0) is 54.0 Å². The van der Waals surface area contributed by atoms with Gasteiger partial charge in [0.2, 0.25) is 0 Å². The minimum Gasteiger partial charge on any atom is -0.497 e. The fraction of sp³-hybridized carbons (Fsp3) is 0.536. The number of benzene rings is 2. The van der Waals surface area contributed by atoms with Crippen LogP contribution in [0.3, 0.4) is 0 Å². The highest BCUT2D eigenvalue weighted by molar-refractivity contribution is 5.75. The predicted octanol–water partition coefficient (Wildman–Crippen LogP) is 4.81. The van der Waals surface area contributed by atoms with Crippen molar-refractivity contribution in [2.24, 2.45) is 5.92 Å². The Balaban J connectivity index is 1.31. The SMILES string of the molecule is COc1cccc(C2CN(C(=O)NC3CCCCC3)CC2CN2CCc3ccccc3C2)c1. The largest absolute Gasteiger partial charge is 0.497 e. The van der Waals surface area contributed by atoms with E-state index < -0.39 is 0 Å². The van der Waals surface area contributed by atoms with Gasteiger partial charge < -0.3 is 15.0 Å². The van der Waals surface area contributed by atoms with E-state index >= 15 is 0 Å². The molecule has 1 saturated carbocycles. The average molecular weight is 448 g/mol. The van der Waals surface area contributed by atoms with Crippen LogP contribution in [0.5, 0.6) is 5.75 Å². The Morgan fingerprint density at radius 1 is 1.03 bits per heavy atom. The molecule has 2 aromatic rings. The molecule has 5 heteroatoms. The van der Waals surface area contributed by atoms with Crippen LogP contribution in [0.25, 0.3) is 0 Å². The molecule has 0 bridgehead atoms. The highest BCUT2D eigenvalue weighted by Crippen LogP contribution is 2.36. The van der Waals surface area contributed by atoms with Crippen molar-refractivity contribution in [1.29, 1.82) is 0 Å². The second-order valence-electron chi connectivity index (χ2n) is 10.1. The van der Waals surface area contributed by atoms with Crippen molar-refractivity contribution < 1.29 is 9.53 Å². The summed E-state index contributed by atoms with van der Waals surface area (Å²) in [6.45, 7) is 4.71. The lowest BCUT2D eigenvalue weighted by Gasteiger charge is -2.32. The number of ether oxygens (including phenoxy) is 1. The molecule has 5 rings (SSSR count). The number of carbonyl (C=O) groups excluding carboxylic acids is 1. The molecule has 1 saturated heterocycles.